The van der Waals surface area contributed by atoms with E-state index in [2.05, 4.69) is 39.0 Å². The van der Waals surface area contributed by atoms with Gasteiger partial charge in [-0.3, -0.25) is 4.79 Å². The number of benzene rings is 2. The second kappa shape index (κ2) is 11.0. The summed E-state index contributed by atoms with van der Waals surface area (Å²) in [7, 11) is 2.99. The first-order chi connectivity index (χ1) is 16.1. The van der Waals surface area contributed by atoms with Crippen molar-refractivity contribution in [1.82, 2.24) is 0 Å². The molecule has 1 aliphatic rings. The molecule has 2 aromatic rings. The number of ether oxygens (including phenoxy) is 3. The van der Waals surface area contributed by atoms with Gasteiger partial charge in [-0.15, -0.1) is 0 Å². The molecule has 1 unspecified atom stereocenters. The van der Waals surface area contributed by atoms with Crippen LogP contribution in [-0.2, 0) is 26.3 Å². The van der Waals surface area contributed by atoms with Gasteiger partial charge >= 0.3 is 5.97 Å². The van der Waals surface area contributed by atoms with Crippen molar-refractivity contribution in [2.45, 2.75) is 58.7 Å². The number of hydrogen-bond donors (Lipinski definition) is 0. The van der Waals surface area contributed by atoms with Crippen molar-refractivity contribution in [2.24, 2.45) is 5.92 Å². The third-order valence-corrected chi connectivity index (χ3v) is 6.18. The van der Waals surface area contributed by atoms with Crippen LogP contribution in [-0.4, -0.2) is 26.3 Å². The zero-order valence-corrected chi connectivity index (χ0v) is 21.0. The Labute approximate surface area is 202 Å². The number of hydrogen-bond acceptors (Lipinski definition) is 4. The number of esters is 1. The summed E-state index contributed by atoms with van der Waals surface area (Å²) in [6, 6.07) is 11.0. The smallest absolute Gasteiger partial charge is 0.306 e. The Balaban J connectivity index is 1.75. The molecule has 4 nitrogen and oxygen atoms in total. The van der Waals surface area contributed by atoms with E-state index in [-0.39, 0.29) is 29.2 Å². The molecule has 0 bridgehead atoms. The van der Waals surface area contributed by atoms with Crippen LogP contribution in [0.5, 0.6) is 5.75 Å². The molecule has 1 aliphatic carbocycles. The van der Waals surface area contributed by atoms with Crippen LogP contribution in [0.1, 0.15) is 51.7 Å². The van der Waals surface area contributed by atoms with Crippen LogP contribution >= 0.6 is 0 Å². The Hall–Kier alpha value is -2.92. The zero-order chi connectivity index (χ0) is 24.9. The second-order valence-electron chi connectivity index (χ2n) is 9.81. The number of allylic oxidation sites excluding steroid dienone is 2. The van der Waals surface area contributed by atoms with Crippen LogP contribution < -0.4 is 4.74 Å². The maximum atomic E-state index is 14.8. The fourth-order valence-corrected chi connectivity index (χ4v) is 4.16. The van der Waals surface area contributed by atoms with Crippen molar-refractivity contribution in [2.75, 3.05) is 14.2 Å². The van der Waals surface area contributed by atoms with Crippen molar-refractivity contribution in [1.29, 1.82) is 0 Å². The van der Waals surface area contributed by atoms with E-state index in [0.29, 0.717) is 24.3 Å². The molecule has 182 valence electrons. The highest BCUT2D eigenvalue weighted by Crippen LogP contribution is 2.37. The summed E-state index contributed by atoms with van der Waals surface area (Å²) in [5.74, 6) is 0.240. The molecule has 5 heteroatoms. The van der Waals surface area contributed by atoms with Crippen molar-refractivity contribution in [3.8, 4) is 16.9 Å². The predicted octanol–water partition coefficient (Wildman–Crippen LogP) is 6.77. The molecule has 0 saturated heterocycles. The number of halogens is 1. The highest BCUT2D eigenvalue weighted by Gasteiger charge is 2.22. The monoisotopic (exact) mass is 466 g/mol. The summed E-state index contributed by atoms with van der Waals surface area (Å²) < 4.78 is 31.1. The molecule has 0 aliphatic heterocycles. The van der Waals surface area contributed by atoms with Gasteiger partial charge in [0, 0.05) is 5.56 Å². The molecule has 0 heterocycles. The minimum Gasteiger partial charge on any atom is -0.497 e. The third kappa shape index (κ3) is 6.35. The molecule has 2 aromatic carbocycles. The molecule has 0 amide bonds. The lowest BCUT2D eigenvalue weighted by Crippen LogP contribution is -2.16. The second-order valence-corrected chi connectivity index (χ2v) is 9.81. The van der Waals surface area contributed by atoms with Gasteiger partial charge < -0.3 is 14.2 Å². The van der Waals surface area contributed by atoms with Crippen molar-refractivity contribution < 1.29 is 23.4 Å². The maximum Gasteiger partial charge on any atom is 0.306 e. The van der Waals surface area contributed by atoms with E-state index in [1.165, 1.54) is 13.2 Å². The first kappa shape index (κ1) is 25.7. The average Bonchev–Trinajstić information content (AvgIpc) is 2.82. The standard InChI is InChI=1S/C29H35FO4/c1-19(15-28(31)33-6)21-8-10-22(11-9-21)34-18-20-7-13-26(29(2,3)4)24(16-20)25-17-23(32-5)12-14-27(25)30/h7-10,12-14,16-17,19,22H,11,15,18H2,1-6H3/t19-,22?/m0/s1. The Kier molecular flexibility index (Phi) is 8.32. The van der Waals surface area contributed by atoms with Crippen molar-refractivity contribution in [3.63, 3.8) is 0 Å². The van der Waals surface area contributed by atoms with Gasteiger partial charge in [-0.2, -0.15) is 0 Å². The predicted molar refractivity (Wildman–Crippen MR) is 133 cm³/mol. The SMILES string of the molecule is COC(=O)C[C@H](C)C1=CCC(OCc2ccc(C(C)(C)C)c(-c3cc(OC)ccc3F)c2)C=C1. The fraction of sp³-hybridized carbons (Fsp3) is 0.414. The van der Waals surface area contributed by atoms with Crippen LogP contribution in [0.4, 0.5) is 4.39 Å². The van der Waals surface area contributed by atoms with Gasteiger partial charge in [-0.25, -0.2) is 4.39 Å². The van der Waals surface area contributed by atoms with E-state index in [0.717, 1.165) is 28.7 Å². The molecule has 0 saturated carbocycles. The van der Waals surface area contributed by atoms with Crippen LogP contribution in [0.15, 0.2) is 60.2 Å². The quantitative estimate of drug-likeness (QED) is 0.403. The van der Waals surface area contributed by atoms with E-state index < -0.39 is 0 Å². The van der Waals surface area contributed by atoms with Gasteiger partial charge in [-0.1, -0.05) is 58.1 Å². The molecule has 2 atom stereocenters. The van der Waals surface area contributed by atoms with Gasteiger partial charge in [0.05, 0.1) is 33.4 Å². The summed E-state index contributed by atoms with van der Waals surface area (Å²) in [5, 5.41) is 0. The molecule has 0 N–H and O–H groups in total. The van der Waals surface area contributed by atoms with E-state index in [1.54, 1.807) is 19.2 Å². The van der Waals surface area contributed by atoms with Gasteiger partial charge in [0.2, 0.25) is 0 Å². The molecule has 34 heavy (non-hydrogen) atoms. The summed E-state index contributed by atoms with van der Waals surface area (Å²) in [6.45, 7) is 8.80. The molecule has 0 spiro atoms. The lowest BCUT2D eigenvalue weighted by atomic mass is 9.81. The normalized spacial score (nSPS) is 16.7. The van der Waals surface area contributed by atoms with Gasteiger partial charge in [0.1, 0.15) is 11.6 Å². The summed E-state index contributed by atoms with van der Waals surface area (Å²) >= 11 is 0. The highest BCUT2D eigenvalue weighted by molar-refractivity contribution is 5.71. The number of rotatable bonds is 8. The van der Waals surface area contributed by atoms with E-state index in [4.69, 9.17) is 14.2 Å². The fourth-order valence-electron chi connectivity index (χ4n) is 4.16. The lowest BCUT2D eigenvalue weighted by molar-refractivity contribution is -0.141. The van der Waals surface area contributed by atoms with Crippen molar-refractivity contribution in [3.05, 3.63) is 77.1 Å². The zero-order valence-electron chi connectivity index (χ0n) is 21.0. The molecular weight excluding hydrogens is 431 g/mol. The largest absolute Gasteiger partial charge is 0.497 e. The molecule has 0 fully saturated rings. The minimum absolute atomic E-state index is 0.0478. The first-order valence-corrected chi connectivity index (χ1v) is 11.7. The maximum absolute atomic E-state index is 14.8. The number of carbonyl (C=O) groups is 1. The number of carbonyl (C=O) groups excluding carboxylic acids is 1. The summed E-state index contributed by atoms with van der Waals surface area (Å²) in [4.78, 5) is 11.5. The highest BCUT2D eigenvalue weighted by atomic mass is 19.1. The Bertz CT molecular complexity index is 1080. The molecule has 0 aromatic heterocycles. The topological polar surface area (TPSA) is 44.8 Å². The Morgan fingerprint density at radius 1 is 1.12 bits per heavy atom. The Morgan fingerprint density at radius 2 is 1.88 bits per heavy atom. The lowest BCUT2D eigenvalue weighted by Gasteiger charge is -2.25. The van der Waals surface area contributed by atoms with Crippen LogP contribution in [0.3, 0.4) is 0 Å². The molecule has 3 rings (SSSR count). The van der Waals surface area contributed by atoms with Crippen LogP contribution in [0.25, 0.3) is 11.1 Å². The number of methoxy groups -OCH3 is 2. The van der Waals surface area contributed by atoms with Gasteiger partial charge in [0.25, 0.3) is 0 Å². The third-order valence-electron chi connectivity index (χ3n) is 6.18. The van der Waals surface area contributed by atoms with E-state index >= 15 is 0 Å². The summed E-state index contributed by atoms with van der Waals surface area (Å²) in [6.07, 6.45) is 7.25. The molecule has 0 radical (unpaired) electrons. The van der Waals surface area contributed by atoms with Gasteiger partial charge in [-0.05, 0) is 64.3 Å². The summed E-state index contributed by atoms with van der Waals surface area (Å²) in [5.41, 5.74) is 4.38. The van der Waals surface area contributed by atoms with Crippen LogP contribution in [0.2, 0.25) is 0 Å². The van der Waals surface area contributed by atoms with Crippen molar-refractivity contribution >= 4 is 5.97 Å². The van der Waals surface area contributed by atoms with Crippen LogP contribution in [0, 0.1) is 11.7 Å². The van der Waals surface area contributed by atoms with E-state index in [1.807, 2.05) is 25.1 Å². The Morgan fingerprint density at radius 3 is 2.50 bits per heavy atom. The first-order valence-electron chi connectivity index (χ1n) is 11.7. The molecular formula is C29H35FO4. The van der Waals surface area contributed by atoms with Gasteiger partial charge in [0.15, 0.2) is 0 Å². The van der Waals surface area contributed by atoms with E-state index in [9.17, 15) is 9.18 Å². The average molecular weight is 467 g/mol. The minimum atomic E-state index is -0.279.